The summed E-state index contributed by atoms with van der Waals surface area (Å²) < 4.78 is 11.4. The lowest BCUT2D eigenvalue weighted by atomic mass is 9.92. The molecule has 2 aliphatic rings. The van der Waals surface area contributed by atoms with E-state index in [1.807, 2.05) is 59.1 Å². The Balaban J connectivity index is 0.985. The molecule has 7 N–H and O–H groups in total. The fourth-order valence-electron chi connectivity index (χ4n) is 9.47. The van der Waals surface area contributed by atoms with Crippen molar-refractivity contribution in [2.45, 2.75) is 46.3 Å². The van der Waals surface area contributed by atoms with Crippen molar-refractivity contribution in [3.63, 3.8) is 0 Å². The van der Waals surface area contributed by atoms with Crippen LogP contribution in [0.1, 0.15) is 46.5 Å². The summed E-state index contributed by atoms with van der Waals surface area (Å²) >= 11 is 0. The number of likely N-dealkylation sites (N-methyl/N-ethyl adjacent to an activating group) is 2. The highest BCUT2D eigenvalue weighted by molar-refractivity contribution is 6.13. The number of imide groups is 1. The average Bonchev–Trinajstić information content (AvgIpc) is 4.01. The molecule has 5 aromatic carbocycles. The van der Waals surface area contributed by atoms with E-state index in [2.05, 4.69) is 21.3 Å². The van der Waals surface area contributed by atoms with Gasteiger partial charge < -0.3 is 56.3 Å². The lowest BCUT2D eigenvalue weighted by molar-refractivity contribution is -0.137. The first-order chi connectivity index (χ1) is 38.3. The number of aryl methyl sites for hydroxylation is 1. The van der Waals surface area contributed by atoms with Gasteiger partial charge in [-0.1, -0.05) is 44.2 Å². The third kappa shape index (κ3) is 15.1. The molecule has 1 atom stereocenters. The summed E-state index contributed by atoms with van der Waals surface area (Å²) in [6.45, 7) is 6.30. The van der Waals surface area contributed by atoms with Crippen molar-refractivity contribution in [3.05, 3.63) is 149 Å². The minimum Gasteiger partial charge on any atom is -0.508 e. The Labute approximate surface area is 464 Å². The van der Waals surface area contributed by atoms with E-state index in [9.17, 15) is 43.5 Å². The van der Waals surface area contributed by atoms with E-state index < -0.39 is 29.7 Å². The zero-order valence-electron chi connectivity index (χ0n) is 45.7. The molecule has 21 nitrogen and oxygen atoms in total. The predicted molar refractivity (Wildman–Crippen MR) is 303 cm³/mol. The molecule has 2 aliphatic heterocycles. The van der Waals surface area contributed by atoms with Crippen LogP contribution in [-0.4, -0.2) is 152 Å². The second-order valence-electron chi connectivity index (χ2n) is 20.0. The molecule has 0 spiro atoms. The van der Waals surface area contributed by atoms with Crippen molar-refractivity contribution in [1.29, 1.82) is 0 Å². The molecule has 7 rings (SSSR count). The van der Waals surface area contributed by atoms with E-state index in [1.54, 1.807) is 70.3 Å². The number of fused-ring (bicyclic) bond motifs is 3. The Morgan fingerprint density at radius 2 is 1.48 bits per heavy atom. The summed E-state index contributed by atoms with van der Waals surface area (Å²) in [5.41, 5.74) is 12.2. The van der Waals surface area contributed by atoms with Crippen molar-refractivity contribution in [2.24, 2.45) is 11.7 Å². The standard InChI is InChI=1S/C59H68N10O11/c1-37(2)55(65(4)5)57(76)62-35-50(71)63-43-14-10-39(11-15-43)36-80-59(78)66(6)26-27-67(28-30-79-31-29-69-51(72)22-23-52(69)73)53(74)33-41-32-49-47(54-38(3)8-7-9-46(41)54)24-25-68(49)58(77)48(60)34-61-42-16-18-44(19-17-42)64-56(75)40-12-20-45(70)21-13-40/h7-23,32,34,37,55,61,70H,24-31,33,35-36,60H2,1-6H3,(H,62,76)(H,63,71)(H,64,75)/b48-34-. The lowest BCUT2D eigenvalue weighted by Crippen LogP contribution is -2.48. The van der Waals surface area contributed by atoms with Crippen LogP contribution in [0.3, 0.4) is 0 Å². The van der Waals surface area contributed by atoms with Gasteiger partial charge in [0.25, 0.3) is 23.6 Å². The molecule has 1 unspecified atom stereocenters. The van der Waals surface area contributed by atoms with Crippen molar-refractivity contribution in [2.75, 3.05) is 94.5 Å². The van der Waals surface area contributed by atoms with Crippen LogP contribution in [0, 0.1) is 12.8 Å². The van der Waals surface area contributed by atoms with Crippen LogP contribution in [0.5, 0.6) is 5.75 Å². The van der Waals surface area contributed by atoms with Crippen molar-refractivity contribution in [1.82, 2.24) is 24.9 Å². The quantitative estimate of drug-likeness (QED) is 0.0266. The minimum atomic E-state index is -0.646. The Kier molecular flexibility index (Phi) is 19.8. The van der Waals surface area contributed by atoms with Gasteiger partial charge >= 0.3 is 6.09 Å². The molecule has 420 valence electrons. The summed E-state index contributed by atoms with van der Waals surface area (Å²) in [5.74, 6) is -2.49. The van der Waals surface area contributed by atoms with Gasteiger partial charge in [0.15, 0.2) is 0 Å². The molecule has 0 aliphatic carbocycles. The van der Waals surface area contributed by atoms with Gasteiger partial charge in [-0.25, -0.2) is 4.79 Å². The van der Waals surface area contributed by atoms with Gasteiger partial charge in [0.2, 0.25) is 17.7 Å². The smallest absolute Gasteiger partial charge is 0.409 e. The molecule has 0 fully saturated rings. The van der Waals surface area contributed by atoms with E-state index in [1.165, 1.54) is 47.5 Å². The van der Waals surface area contributed by atoms with Crippen LogP contribution in [0.25, 0.3) is 10.8 Å². The molecule has 80 heavy (non-hydrogen) atoms. The summed E-state index contributed by atoms with van der Waals surface area (Å²) in [7, 11) is 5.17. The van der Waals surface area contributed by atoms with Gasteiger partial charge in [0, 0.05) is 79.9 Å². The first-order valence-corrected chi connectivity index (χ1v) is 26.2. The van der Waals surface area contributed by atoms with Crippen molar-refractivity contribution in [3.8, 4) is 5.75 Å². The third-order valence-corrected chi connectivity index (χ3v) is 13.6. The Hall–Kier alpha value is -9.08. The molecule has 0 bridgehead atoms. The number of phenolic OH excluding ortho intramolecular Hbond substituents is 1. The van der Waals surface area contributed by atoms with E-state index in [0.29, 0.717) is 52.4 Å². The highest BCUT2D eigenvalue weighted by atomic mass is 16.6. The number of ether oxygens (including phenoxy) is 2. The van der Waals surface area contributed by atoms with Gasteiger partial charge in [-0.2, -0.15) is 0 Å². The average molecular weight is 1090 g/mol. The number of nitrogens with one attached hydrogen (secondary N) is 4. The molecular weight excluding hydrogens is 1020 g/mol. The number of benzene rings is 5. The second kappa shape index (κ2) is 27.0. The van der Waals surface area contributed by atoms with Crippen LogP contribution in [-0.2, 0) is 57.7 Å². The summed E-state index contributed by atoms with van der Waals surface area (Å²) in [4.78, 5) is 112. The molecule has 8 amide bonds. The molecule has 0 saturated heterocycles. The Bertz CT molecular complexity index is 3150. The fourth-order valence-corrected chi connectivity index (χ4v) is 9.47. The van der Waals surface area contributed by atoms with Crippen LogP contribution >= 0.6 is 0 Å². The number of phenols is 1. The molecular formula is C59H68N10O11. The Morgan fingerprint density at radius 3 is 2.15 bits per heavy atom. The maximum atomic E-state index is 14.6. The van der Waals surface area contributed by atoms with E-state index >= 15 is 0 Å². The molecule has 2 heterocycles. The maximum absolute atomic E-state index is 14.6. The van der Waals surface area contributed by atoms with Gasteiger partial charge in [0.1, 0.15) is 18.1 Å². The highest BCUT2D eigenvalue weighted by Crippen LogP contribution is 2.39. The van der Waals surface area contributed by atoms with Crippen LogP contribution in [0.15, 0.2) is 121 Å². The van der Waals surface area contributed by atoms with Crippen molar-refractivity contribution < 1.29 is 52.9 Å². The zero-order valence-corrected chi connectivity index (χ0v) is 45.7. The largest absolute Gasteiger partial charge is 0.508 e. The number of hydrogen-bond donors (Lipinski definition) is 6. The fraction of sp³-hybridized carbons (Fsp3) is 0.322. The summed E-state index contributed by atoms with van der Waals surface area (Å²) in [5, 5.41) is 22.6. The molecule has 0 aromatic heterocycles. The second-order valence-corrected chi connectivity index (χ2v) is 20.0. The van der Waals surface area contributed by atoms with Gasteiger partial charge in [-0.3, -0.25) is 43.4 Å². The number of aromatic hydroxyl groups is 1. The number of carbonyl (C=O) groups excluding carboxylic acids is 8. The summed E-state index contributed by atoms with van der Waals surface area (Å²) in [6.07, 6.45) is 3.62. The first-order valence-electron chi connectivity index (χ1n) is 26.2. The molecule has 5 aromatic rings. The van der Waals surface area contributed by atoms with Gasteiger partial charge in [-0.05, 0) is 133 Å². The van der Waals surface area contributed by atoms with E-state index in [0.717, 1.165) is 26.8 Å². The number of nitrogens with two attached hydrogens (primary N) is 1. The highest BCUT2D eigenvalue weighted by Gasteiger charge is 2.31. The summed E-state index contributed by atoms with van der Waals surface area (Å²) in [6, 6.07) is 26.7. The monoisotopic (exact) mass is 1090 g/mol. The number of rotatable bonds is 24. The molecule has 0 radical (unpaired) electrons. The number of nitrogens with zero attached hydrogens (tertiary/aromatic N) is 5. The van der Waals surface area contributed by atoms with Crippen LogP contribution < -0.4 is 31.9 Å². The van der Waals surface area contributed by atoms with E-state index in [-0.39, 0.29) is 100 Å². The topological polar surface area (TPSA) is 266 Å². The maximum Gasteiger partial charge on any atom is 0.409 e. The van der Waals surface area contributed by atoms with Gasteiger partial charge in [0.05, 0.1) is 38.8 Å². The van der Waals surface area contributed by atoms with Crippen LogP contribution in [0.4, 0.5) is 27.5 Å². The Morgan fingerprint density at radius 1 is 0.812 bits per heavy atom. The zero-order chi connectivity index (χ0) is 57.6. The number of amides is 8. The third-order valence-electron chi connectivity index (χ3n) is 13.6. The molecule has 21 heteroatoms. The SMILES string of the molecule is Cc1cccc2c(CC(=O)N(CCOCCN3C(=O)C=CC3=O)CCN(C)C(=O)OCc3ccc(NC(=O)CNC(=O)C(C(C)C)N(C)C)cc3)cc3c(c12)CCN3C(=O)/C(N)=C/Nc1ccc(NC(=O)c2ccc(O)cc2)cc1. The predicted octanol–water partition coefficient (Wildman–Crippen LogP) is 5.13. The minimum absolute atomic E-state index is 0.0314. The number of anilines is 4. The molecule has 0 saturated carbocycles. The lowest BCUT2D eigenvalue weighted by Gasteiger charge is -2.26. The number of hydrogen-bond acceptors (Lipinski definition) is 14. The normalized spacial score (nSPS) is 13.4. The van der Waals surface area contributed by atoms with Crippen LogP contribution in [0.2, 0.25) is 0 Å². The first kappa shape index (κ1) is 58.6. The number of carbonyl (C=O) groups is 8. The van der Waals surface area contributed by atoms with Crippen molar-refractivity contribution >= 4 is 81.0 Å². The van der Waals surface area contributed by atoms with Gasteiger partial charge in [-0.15, -0.1) is 0 Å². The van der Waals surface area contributed by atoms with E-state index in [4.69, 9.17) is 15.2 Å².